The molecule has 2 N–H and O–H groups in total. The molecule has 1 saturated carbocycles. The van der Waals surface area contributed by atoms with Crippen LogP contribution >= 0.6 is 0 Å². The zero-order valence-electron chi connectivity index (χ0n) is 12.4. The molecule has 1 aliphatic rings. The van der Waals surface area contributed by atoms with E-state index in [0.717, 1.165) is 17.5 Å². The molecule has 0 aromatic heterocycles. The quantitative estimate of drug-likeness (QED) is 0.870. The van der Waals surface area contributed by atoms with Gasteiger partial charge in [-0.25, -0.2) is 0 Å². The number of aryl methyl sites for hydroxylation is 2. The predicted molar refractivity (Wildman–Crippen MR) is 78.3 cm³/mol. The summed E-state index contributed by atoms with van der Waals surface area (Å²) in [5, 5.41) is 11.8. The highest BCUT2D eigenvalue weighted by atomic mass is 16.5. The average Bonchev–Trinajstić information content (AvgIpc) is 2.83. The van der Waals surface area contributed by atoms with Crippen LogP contribution in [0.2, 0.25) is 0 Å². The summed E-state index contributed by atoms with van der Waals surface area (Å²) in [5.41, 5.74) is 2.15. The van der Waals surface area contributed by atoms with Crippen molar-refractivity contribution in [3.63, 3.8) is 0 Å². The molecule has 1 aromatic rings. The highest BCUT2D eigenvalue weighted by Crippen LogP contribution is 2.25. The number of hydrogen-bond donors (Lipinski definition) is 2. The highest BCUT2D eigenvalue weighted by molar-refractivity contribution is 5.79. The molecular weight excluding hydrogens is 270 g/mol. The van der Waals surface area contributed by atoms with E-state index in [0.29, 0.717) is 18.6 Å². The number of nitrogens with one attached hydrogen (secondary N) is 1. The van der Waals surface area contributed by atoms with Crippen LogP contribution in [-0.4, -0.2) is 29.6 Å². The van der Waals surface area contributed by atoms with E-state index in [1.807, 2.05) is 32.0 Å². The Bertz CT molecular complexity index is 521. The van der Waals surface area contributed by atoms with Gasteiger partial charge in [0.1, 0.15) is 5.75 Å². The van der Waals surface area contributed by atoms with Crippen molar-refractivity contribution in [3.05, 3.63) is 29.3 Å². The second-order valence-corrected chi connectivity index (χ2v) is 5.66. The number of aliphatic carboxylic acids is 1. The summed E-state index contributed by atoms with van der Waals surface area (Å²) in [4.78, 5) is 22.9. The zero-order valence-corrected chi connectivity index (χ0v) is 12.4. The molecule has 5 nitrogen and oxygen atoms in total. The number of carbonyl (C=O) groups excluding carboxylic acids is 1. The first-order chi connectivity index (χ1) is 9.95. The average molecular weight is 291 g/mol. The Balaban J connectivity index is 1.86. The first-order valence-electron chi connectivity index (χ1n) is 7.19. The smallest absolute Gasteiger partial charge is 0.308 e. The van der Waals surface area contributed by atoms with E-state index >= 15 is 0 Å². The fourth-order valence-electron chi connectivity index (χ4n) is 2.84. The summed E-state index contributed by atoms with van der Waals surface area (Å²) in [7, 11) is 0. The van der Waals surface area contributed by atoms with Crippen molar-refractivity contribution in [3.8, 4) is 5.75 Å². The Kier molecular flexibility index (Phi) is 4.83. The molecular formula is C16H21NO4. The number of ether oxygens (including phenoxy) is 1. The molecule has 114 valence electrons. The third kappa shape index (κ3) is 4.21. The molecule has 1 aliphatic carbocycles. The van der Waals surface area contributed by atoms with Gasteiger partial charge in [-0.15, -0.1) is 0 Å². The first kappa shape index (κ1) is 15.4. The Morgan fingerprint density at radius 1 is 1.24 bits per heavy atom. The van der Waals surface area contributed by atoms with Crippen molar-refractivity contribution >= 4 is 11.9 Å². The minimum Gasteiger partial charge on any atom is -0.484 e. The first-order valence-corrected chi connectivity index (χ1v) is 7.19. The Morgan fingerprint density at radius 2 is 1.90 bits per heavy atom. The number of rotatable bonds is 5. The van der Waals surface area contributed by atoms with Gasteiger partial charge in [0.25, 0.3) is 5.91 Å². The van der Waals surface area contributed by atoms with E-state index in [1.165, 1.54) is 0 Å². The van der Waals surface area contributed by atoms with Gasteiger partial charge in [0.2, 0.25) is 0 Å². The van der Waals surface area contributed by atoms with Crippen LogP contribution in [0.1, 0.15) is 30.4 Å². The van der Waals surface area contributed by atoms with Crippen LogP contribution in [0.3, 0.4) is 0 Å². The molecule has 0 saturated heterocycles. The van der Waals surface area contributed by atoms with E-state index < -0.39 is 11.9 Å². The van der Waals surface area contributed by atoms with E-state index in [1.54, 1.807) is 0 Å². The molecule has 0 heterocycles. The van der Waals surface area contributed by atoms with Crippen LogP contribution in [-0.2, 0) is 9.59 Å². The maximum Gasteiger partial charge on any atom is 0.308 e. The number of carbonyl (C=O) groups is 2. The lowest BCUT2D eigenvalue weighted by atomic mass is 10.0. The fraction of sp³-hybridized carbons (Fsp3) is 0.500. The van der Waals surface area contributed by atoms with Gasteiger partial charge in [0.15, 0.2) is 6.61 Å². The fourth-order valence-corrected chi connectivity index (χ4v) is 2.84. The molecule has 2 atom stereocenters. The summed E-state index contributed by atoms with van der Waals surface area (Å²) >= 11 is 0. The van der Waals surface area contributed by atoms with Gasteiger partial charge in [0, 0.05) is 6.04 Å². The summed E-state index contributed by atoms with van der Waals surface area (Å²) in [6, 6.07) is 5.49. The monoisotopic (exact) mass is 291 g/mol. The van der Waals surface area contributed by atoms with E-state index in [2.05, 4.69) is 5.32 Å². The van der Waals surface area contributed by atoms with Gasteiger partial charge < -0.3 is 15.2 Å². The maximum absolute atomic E-state index is 11.9. The standard InChI is InChI=1S/C16H21NO4/c1-10-6-11(2)8-12(7-10)21-9-15(18)17-14-5-3-4-13(14)16(19)20/h6-8,13-14H,3-5,9H2,1-2H3,(H,17,18)(H,19,20). The molecule has 5 heteroatoms. The number of benzene rings is 1. The SMILES string of the molecule is Cc1cc(C)cc(OCC(=O)NC2CCCC2C(=O)O)c1. The third-order valence-electron chi connectivity index (χ3n) is 3.74. The highest BCUT2D eigenvalue weighted by Gasteiger charge is 2.33. The topological polar surface area (TPSA) is 75.6 Å². The molecule has 2 rings (SSSR count). The molecule has 1 amide bonds. The van der Waals surface area contributed by atoms with Crippen LogP contribution in [0.5, 0.6) is 5.75 Å². The van der Waals surface area contributed by atoms with Crippen LogP contribution in [0.15, 0.2) is 18.2 Å². The molecule has 1 fully saturated rings. The second-order valence-electron chi connectivity index (χ2n) is 5.66. The minimum atomic E-state index is -0.840. The molecule has 0 bridgehead atoms. The van der Waals surface area contributed by atoms with Crippen LogP contribution in [0.4, 0.5) is 0 Å². The van der Waals surface area contributed by atoms with Crippen molar-refractivity contribution in [2.24, 2.45) is 5.92 Å². The summed E-state index contributed by atoms with van der Waals surface area (Å²) in [6.45, 7) is 3.84. The normalized spacial score (nSPS) is 21.0. The lowest BCUT2D eigenvalue weighted by Gasteiger charge is -2.17. The number of carboxylic acids is 1. The number of carboxylic acid groups (broad SMARTS) is 1. The molecule has 21 heavy (non-hydrogen) atoms. The van der Waals surface area contributed by atoms with Gasteiger partial charge >= 0.3 is 5.97 Å². The minimum absolute atomic E-state index is 0.0915. The summed E-state index contributed by atoms with van der Waals surface area (Å²) < 4.78 is 5.48. The molecule has 0 aliphatic heterocycles. The van der Waals surface area contributed by atoms with E-state index in [9.17, 15) is 9.59 Å². The molecule has 2 unspecified atom stereocenters. The van der Waals surface area contributed by atoms with Crippen molar-refractivity contribution in [2.75, 3.05) is 6.61 Å². The van der Waals surface area contributed by atoms with Crippen molar-refractivity contribution in [1.82, 2.24) is 5.32 Å². The lowest BCUT2D eigenvalue weighted by Crippen LogP contribution is -2.42. The molecule has 0 spiro atoms. The van der Waals surface area contributed by atoms with Gasteiger partial charge in [-0.2, -0.15) is 0 Å². The summed E-state index contributed by atoms with van der Waals surface area (Å²) in [5.74, 6) is -0.931. The van der Waals surface area contributed by atoms with Crippen molar-refractivity contribution in [2.45, 2.75) is 39.2 Å². The van der Waals surface area contributed by atoms with Crippen LogP contribution in [0.25, 0.3) is 0 Å². The Labute approximate surface area is 124 Å². The van der Waals surface area contributed by atoms with Crippen LogP contribution in [0, 0.1) is 19.8 Å². The summed E-state index contributed by atoms with van der Waals surface area (Å²) in [6.07, 6.45) is 2.17. The van der Waals surface area contributed by atoms with Crippen molar-refractivity contribution < 1.29 is 19.4 Å². The van der Waals surface area contributed by atoms with Crippen molar-refractivity contribution in [1.29, 1.82) is 0 Å². The predicted octanol–water partition coefficient (Wildman–Crippen LogP) is 2.05. The van der Waals surface area contributed by atoms with Gasteiger partial charge in [0.05, 0.1) is 5.92 Å². The van der Waals surface area contributed by atoms with Gasteiger partial charge in [-0.05, 0) is 49.9 Å². The molecule has 1 aromatic carbocycles. The Morgan fingerprint density at radius 3 is 2.52 bits per heavy atom. The molecule has 0 radical (unpaired) electrons. The second kappa shape index (κ2) is 6.61. The Hall–Kier alpha value is -2.04. The zero-order chi connectivity index (χ0) is 15.4. The van der Waals surface area contributed by atoms with Crippen LogP contribution < -0.4 is 10.1 Å². The largest absolute Gasteiger partial charge is 0.484 e. The lowest BCUT2D eigenvalue weighted by molar-refractivity contribution is -0.142. The van der Waals surface area contributed by atoms with Gasteiger partial charge in [-0.1, -0.05) is 12.5 Å². The van der Waals surface area contributed by atoms with E-state index in [4.69, 9.17) is 9.84 Å². The van der Waals surface area contributed by atoms with Gasteiger partial charge in [-0.3, -0.25) is 9.59 Å². The van der Waals surface area contributed by atoms with E-state index in [-0.39, 0.29) is 18.6 Å². The third-order valence-corrected chi connectivity index (χ3v) is 3.74. The number of hydrogen-bond acceptors (Lipinski definition) is 3. The number of amides is 1. The maximum atomic E-state index is 11.9.